The summed E-state index contributed by atoms with van der Waals surface area (Å²) in [4.78, 5) is 12.0. The van der Waals surface area contributed by atoms with Crippen molar-refractivity contribution in [3.8, 4) is 0 Å². The van der Waals surface area contributed by atoms with Crippen LogP contribution in [0.4, 0.5) is 13.2 Å². The zero-order valence-corrected chi connectivity index (χ0v) is 13.8. The molecule has 1 rings (SSSR count). The third kappa shape index (κ3) is 6.66. The zero-order valence-electron chi connectivity index (χ0n) is 13.0. The Hall–Kier alpha value is -1.47. The summed E-state index contributed by atoms with van der Waals surface area (Å²) in [5.74, 6) is 0.356. The van der Waals surface area contributed by atoms with E-state index in [1.807, 2.05) is 6.26 Å². The predicted molar refractivity (Wildman–Crippen MR) is 87.1 cm³/mol. The number of rotatable bonds is 7. The monoisotopic (exact) mass is 347 g/mol. The first-order valence-electron chi connectivity index (χ1n) is 7.04. The van der Waals surface area contributed by atoms with Gasteiger partial charge in [0.25, 0.3) is 0 Å². The highest BCUT2D eigenvalue weighted by atomic mass is 32.2. The quantitative estimate of drug-likeness (QED) is 0.744. The molecule has 0 fully saturated rings. The molecular formula is C16H20F3NO2S. The summed E-state index contributed by atoms with van der Waals surface area (Å²) in [6, 6.07) is 4.53. The van der Waals surface area contributed by atoms with Crippen LogP contribution >= 0.6 is 11.8 Å². The van der Waals surface area contributed by atoms with Gasteiger partial charge in [-0.1, -0.05) is 12.1 Å². The van der Waals surface area contributed by atoms with Crippen LogP contribution in [0.2, 0.25) is 0 Å². The first-order chi connectivity index (χ1) is 10.8. The molecule has 0 bridgehead atoms. The van der Waals surface area contributed by atoms with Crippen molar-refractivity contribution in [2.45, 2.75) is 25.6 Å². The molecule has 1 unspecified atom stereocenters. The number of hydrogen-bond acceptors (Lipinski definition) is 3. The fourth-order valence-corrected chi connectivity index (χ4v) is 2.65. The van der Waals surface area contributed by atoms with E-state index in [1.165, 1.54) is 18.2 Å². The Bertz CT molecular complexity index is 535. The second kappa shape index (κ2) is 8.98. The second-order valence-electron chi connectivity index (χ2n) is 5.08. The van der Waals surface area contributed by atoms with Crippen LogP contribution in [-0.2, 0) is 11.0 Å². The number of nitrogens with one attached hydrogen (secondary N) is 1. The second-order valence-corrected chi connectivity index (χ2v) is 5.99. The van der Waals surface area contributed by atoms with E-state index in [-0.39, 0.29) is 18.6 Å². The minimum absolute atomic E-state index is 0.0207. The normalized spacial score (nSPS) is 13.7. The Morgan fingerprint density at radius 3 is 2.43 bits per heavy atom. The van der Waals surface area contributed by atoms with Crippen LogP contribution in [0.15, 0.2) is 30.3 Å². The van der Waals surface area contributed by atoms with E-state index >= 15 is 0 Å². The van der Waals surface area contributed by atoms with E-state index in [0.717, 1.165) is 12.1 Å². The van der Waals surface area contributed by atoms with Gasteiger partial charge in [-0.25, -0.2) is 0 Å². The van der Waals surface area contributed by atoms with Gasteiger partial charge in [0, 0.05) is 24.5 Å². The highest BCUT2D eigenvalue weighted by Gasteiger charge is 2.29. The average Bonchev–Trinajstić information content (AvgIpc) is 2.47. The van der Waals surface area contributed by atoms with Gasteiger partial charge in [0.15, 0.2) is 0 Å². The lowest BCUT2D eigenvalue weighted by Crippen LogP contribution is -2.36. The van der Waals surface area contributed by atoms with Gasteiger partial charge in [0.1, 0.15) is 0 Å². The van der Waals surface area contributed by atoms with Crippen molar-refractivity contribution >= 4 is 23.2 Å². The predicted octanol–water partition coefficient (Wildman–Crippen LogP) is 3.34. The van der Waals surface area contributed by atoms with E-state index in [2.05, 4.69) is 5.32 Å². The van der Waals surface area contributed by atoms with E-state index in [1.54, 1.807) is 18.7 Å². The smallest absolute Gasteiger partial charge is 0.396 e. The van der Waals surface area contributed by atoms with Gasteiger partial charge in [-0.15, -0.1) is 0 Å². The van der Waals surface area contributed by atoms with Gasteiger partial charge in [0.2, 0.25) is 5.91 Å². The summed E-state index contributed by atoms with van der Waals surface area (Å²) in [5, 5.41) is 11.7. The molecule has 1 atom stereocenters. The van der Waals surface area contributed by atoms with Gasteiger partial charge < -0.3 is 10.4 Å². The molecule has 0 saturated heterocycles. The number of carbonyl (C=O) groups excluding carboxylic acids is 1. The Morgan fingerprint density at radius 2 is 1.96 bits per heavy atom. The number of allylic oxidation sites excluding steroid dienone is 1. The van der Waals surface area contributed by atoms with Crippen molar-refractivity contribution in [2.24, 2.45) is 0 Å². The van der Waals surface area contributed by atoms with Crippen molar-refractivity contribution in [1.29, 1.82) is 0 Å². The average molecular weight is 347 g/mol. The maximum Gasteiger partial charge on any atom is 0.416 e. The van der Waals surface area contributed by atoms with Gasteiger partial charge >= 0.3 is 6.18 Å². The third-order valence-corrected chi connectivity index (χ3v) is 3.94. The minimum atomic E-state index is -4.37. The molecule has 1 aromatic carbocycles. The SMILES string of the molecule is CSCC(CCO)NC(=O)/C=C(/C)c1ccc(C(F)(F)F)cc1. The minimum Gasteiger partial charge on any atom is -0.396 e. The van der Waals surface area contributed by atoms with E-state index < -0.39 is 11.7 Å². The van der Waals surface area contributed by atoms with Crippen molar-refractivity contribution < 1.29 is 23.1 Å². The maximum atomic E-state index is 12.5. The number of halogens is 3. The Kier molecular flexibility index (Phi) is 7.64. The van der Waals surface area contributed by atoms with E-state index in [4.69, 9.17) is 5.11 Å². The fraction of sp³-hybridized carbons (Fsp3) is 0.438. The van der Waals surface area contributed by atoms with Crippen LogP contribution in [0.5, 0.6) is 0 Å². The lowest BCUT2D eigenvalue weighted by atomic mass is 10.0. The highest BCUT2D eigenvalue weighted by molar-refractivity contribution is 7.98. The molecule has 0 heterocycles. The molecule has 128 valence electrons. The lowest BCUT2D eigenvalue weighted by molar-refractivity contribution is -0.137. The first kappa shape index (κ1) is 19.6. The summed E-state index contributed by atoms with van der Waals surface area (Å²) < 4.78 is 37.6. The summed E-state index contributed by atoms with van der Waals surface area (Å²) in [6.07, 6.45) is -0.657. The maximum absolute atomic E-state index is 12.5. The van der Waals surface area contributed by atoms with Crippen molar-refractivity contribution in [3.63, 3.8) is 0 Å². The van der Waals surface area contributed by atoms with Crippen LogP contribution in [0.1, 0.15) is 24.5 Å². The number of amides is 1. The largest absolute Gasteiger partial charge is 0.416 e. The van der Waals surface area contributed by atoms with Crippen molar-refractivity contribution in [3.05, 3.63) is 41.5 Å². The number of aliphatic hydroxyl groups excluding tert-OH is 1. The van der Waals surface area contributed by atoms with Crippen LogP contribution in [0, 0.1) is 0 Å². The number of hydrogen-bond donors (Lipinski definition) is 2. The van der Waals surface area contributed by atoms with Crippen molar-refractivity contribution in [2.75, 3.05) is 18.6 Å². The summed E-state index contributed by atoms with van der Waals surface area (Å²) in [5.41, 5.74) is 0.404. The number of carbonyl (C=O) groups is 1. The lowest BCUT2D eigenvalue weighted by Gasteiger charge is -2.15. The van der Waals surface area contributed by atoms with Gasteiger partial charge in [-0.2, -0.15) is 24.9 Å². The molecule has 23 heavy (non-hydrogen) atoms. The third-order valence-electron chi connectivity index (χ3n) is 3.21. The Balaban J connectivity index is 2.76. The molecule has 0 saturated carbocycles. The molecule has 0 spiro atoms. The molecule has 0 radical (unpaired) electrons. The molecule has 7 heteroatoms. The van der Waals surface area contributed by atoms with Crippen LogP contribution < -0.4 is 5.32 Å². The summed E-state index contributed by atoms with van der Waals surface area (Å²) >= 11 is 1.56. The van der Waals surface area contributed by atoms with Crippen molar-refractivity contribution in [1.82, 2.24) is 5.32 Å². The van der Waals surface area contributed by atoms with Gasteiger partial charge in [0.05, 0.1) is 5.56 Å². The highest BCUT2D eigenvalue weighted by Crippen LogP contribution is 2.29. The first-order valence-corrected chi connectivity index (χ1v) is 8.43. The van der Waals surface area contributed by atoms with Crippen LogP contribution in [0.3, 0.4) is 0 Å². The van der Waals surface area contributed by atoms with Gasteiger partial charge in [-0.3, -0.25) is 4.79 Å². The van der Waals surface area contributed by atoms with E-state index in [0.29, 0.717) is 23.3 Å². The Morgan fingerprint density at radius 1 is 1.35 bits per heavy atom. The molecule has 1 amide bonds. The molecule has 0 aliphatic carbocycles. The Labute approximate surface area is 138 Å². The molecule has 3 nitrogen and oxygen atoms in total. The standard InChI is InChI=1S/C16H20F3NO2S/c1-11(9-15(22)20-14(7-8-21)10-23-2)12-3-5-13(6-4-12)16(17,18)19/h3-6,9,14,21H,7-8,10H2,1-2H3,(H,20,22)/b11-9-. The molecule has 2 N–H and O–H groups in total. The number of thioether (sulfide) groups is 1. The summed E-state index contributed by atoms with van der Waals surface area (Å²) in [7, 11) is 0. The number of alkyl halides is 3. The van der Waals surface area contributed by atoms with E-state index in [9.17, 15) is 18.0 Å². The molecule has 0 aromatic heterocycles. The molecule has 0 aliphatic heterocycles. The number of benzene rings is 1. The fourth-order valence-electron chi connectivity index (χ4n) is 2.00. The molecule has 0 aliphatic rings. The molecule has 1 aromatic rings. The molecular weight excluding hydrogens is 327 g/mol. The number of aliphatic hydroxyl groups is 1. The van der Waals surface area contributed by atoms with Crippen LogP contribution in [-0.4, -0.2) is 35.7 Å². The summed E-state index contributed by atoms with van der Waals surface area (Å²) in [6.45, 7) is 1.64. The topological polar surface area (TPSA) is 49.3 Å². The zero-order chi connectivity index (χ0) is 17.5. The van der Waals surface area contributed by atoms with Gasteiger partial charge in [-0.05, 0) is 42.9 Å². The van der Waals surface area contributed by atoms with Crippen LogP contribution in [0.25, 0.3) is 5.57 Å².